The van der Waals surface area contributed by atoms with Gasteiger partial charge in [-0.25, -0.2) is 4.79 Å². The van der Waals surface area contributed by atoms with E-state index in [4.69, 9.17) is 9.57 Å². The van der Waals surface area contributed by atoms with Crippen LogP contribution in [0.5, 0.6) is 0 Å². The first kappa shape index (κ1) is 16.3. The van der Waals surface area contributed by atoms with Crippen LogP contribution in [0.25, 0.3) is 0 Å². The maximum atomic E-state index is 12.4. The van der Waals surface area contributed by atoms with Crippen molar-refractivity contribution in [2.75, 3.05) is 6.61 Å². The molecule has 0 radical (unpaired) electrons. The van der Waals surface area contributed by atoms with Crippen molar-refractivity contribution in [2.45, 2.75) is 51.0 Å². The third-order valence-corrected chi connectivity index (χ3v) is 3.79. The van der Waals surface area contributed by atoms with Gasteiger partial charge >= 0.3 is 5.97 Å². The molecule has 0 aromatic carbocycles. The Morgan fingerprint density at radius 2 is 2.45 bits per heavy atom. The van der Waals surface area contributed by atoms with Crippen LogP contribution >= 0.6 is 0 Å². The van der Waals surface area contributed by atoms with Crippen LogP contribution in [0.3, 0.4) is 0 Å². The first-order valence-corrected chi connectivity index (χ1v) is 7.75. The van der Waals surface area contributed by atoms with Gasteiger partial charge in [-0.15, -0.1) is 0 Å². The zero-order valence-electron chi connectivity index (χ0n) is 13.0. The molecule has 1 aliphatic heterocycles. The van der Waals surface area contributed by atoms with Crippen molar-refractivity contribution in [3.05, 3.63) is 36.1 Å². The minimum Gasteiger partial charge on any atom is -0.511 e. The van der Waals surface area contributed by atoms with Crippen LogP contribution in [0.1, 0.15) is 45.4 Å². The van der Waals surface area contributed by atoms with Gasteiger partial charge in [0.05, 0.1) is 5.71 Å². The first-order chi connectivity index (χ1) is 10.6. The molecule has 2 rings (SSSR count). The fourth-order valence-electron chi connectivity index (χ4n) is 2.80. The van der Waals surface area contributed by atoms with Crippen LogP contribution in [0, 0.1) is 0 Å². The Morgan fingerprint density at radius 1 is 1.64 bits per heavy atom. The van der Waals surface area contributed by atoms with Crippen molar-refractivity contribution in [1.29, 1.82) is 0 Å². The molecule has 5 nitrogen and oxygen atoms in total. The van der Waals surface area contributed by atoms with E-state index in [1.807, 2.05) is 19.1 Å². The van der Waals surface area contributed by atoms with Crippen molar-refractivity contribution in [3.8, 4) is 0 Å². The molecule has 1 spiro atoms. The highest BCUT2D eigenvalue weighted by Gasteiger charge is 2.42. The van der Waals surface area contributed by atoms with Crippen molar-refractivity contribution in [3.63, 3.8) is 0 Å². The smallest absolute Gasteiger partial charge is 0.344 e. The maximum absolute atomic E-state index is 12.4. The number of nitrogens with zero attached hydrogens (tertiary/aromatic N) is 1. The number of hydrogen-bond acceptors (Lipinski definition) is 5. The summed E-state index contributed by atoms with van der Waals surface area (Å²) in [6, 6.07) is 0. The highest BCUT2D eigenvalue weighted by molar-refractivity contribution is 6.20. The fourth-order valence-corrected chi connectivity index (χ4v) is 2.80. The van der Waals surface area contributed by atoms with E-state index in [1.54, 1.807) is 6.08 Å². The minimum absolute atomic E-state index is 0.0391. The third-order valence-electron chi connectivity index (χ3n) is 3.79. The predicted octanol–water partition coefficient (Wildman–Crippen LogP) is 3.58. The van der Waals surface area contributed by atoms with Crippen molar-refractivity contribution < 1.29 is 19.5 Å². The first-order valence-electron chi connectivity index (χ1n) is 7.75. The van der Waals surface area contributed by atoms with E-state index in [9.17, 15) is 9.90 Å². The van der Waals surface area contributed by atoms with Gasteiger partial charge in [0, 0.05) is 6.42 Å². The fraction of sp³-hybridized carbons (Fsp3) is 0.529. The SMILES string of the molecule is C=CCO/N=C(\CCC)C1=C(O)CC2(C=CCCC2)OC1=O. The van der Waals surface area contributed by atoms with Gasteiger partial charge in [0.2, 0.25) is 0 Å². The summed E-state index contributed by atoms with van der Waals surface area (Å²) in [5.41, 5.74) is -0.112. The highest BCUT2D eigenvalue weighted by Crippen LogP contribution is 2.37. The number of esters is 1. The molecule has 1 aliphatic carbocycles. The number of hydrogen-bond donors (Lipinski definition) is 1. The third kappa shape index (κ3) is 3.59. The average molecular weight is 305 g/mol. The summed E-state index contributed by atoms with van der Waals surface area (Å²) >= 11 is 0. The maximum Gasteiger partial charge on any atom is 0.344 e. The summed E-state index contributed by atoms with van der Waals surface area (Å²) < 4.78 is 5.63. The topological polar surface area (TPSA) is 68.1 Å². The van der Waals surface area contributed by atoms with E-state index in [0.717, 1.165) is 25.7 Å². The number of aliphatic hydroxyl groups excluding tert-OH is 1. The molecule has 0 saturated heterocycles. The molecule has 0 aromatic rings. The summed E-state index contributed by atoms with van der Waals surface area (Å²) in [6.45, 7) is 5.77. The molecule has 2 aliphatic rings. The minimum atomic E-state index is -0.692. The highest BCUT2D eigenvalue weighted by atomic mass is 16.6. The van der Waals surface area contributed by atoms with Gasteiger partial charge in [-0.05, 0) is 31.8 Å². The van der Waals surface area contributed by atoms with E-state index >= 15 is 0 Å². The Labute approximate surface area is 131 Å². The molecule has 5 heteroatoms. The number of oxime groups is 1. The second-order valence-corrected chi connectivity index (χ2v) is 5.62. The second kappa shape index (κ2) is 7.29. The molecule has 1 N–H and O–H groups in total. The number of ether oxygens (including phenoxy) is 1. The van der Waals surface area contributed by atoms with Crippen molar-refractivity contribution in [1.82, 2.24) is 0 Å². The summed E-state index contributed by atoms with van der Waals surface area (Å²) in [7, 11) is 0. The Hall–Kier alpha value is -2.04. The lowest BCUT2D eigenvalue weighted by Crippen LogP contribution is -2.41. The lowest BCUT2D eigenvalue weighted by Gasteiger charge is -2.36. The molecule has 0 saturated carbocycles. The van der Waals surface area contributed by atoms with Gasteiger partial charge in [0.25, 0.3) is 0 Å². The second-order valence-electron chi connectivity index (χ2n) is 5.62. The molecule has 1 unspecified atom stereocenters. The quantitative estimate of drug-likeness (QED) is 0.268. The van der Waals surface area contributed by atoms with Crippen LogP contribution in [0.15, 0.2) is 41.3 Å². The Kier molecular flexibility index (Phi) is 5.41. The number of allylic oxidation sites excluding steroid dienone is 1. The van der Waals surface area contributed by atoms with Gasteiger partial charge in [0.1, 0.15) is 23.5 Å². The zero-order chi connectivity index (χ0) is 16.0. The lowest BCUT2D eigenvalue weighted by atomic mass is 9.84. The van der Waals surface area contributed by atoms with E-state index in [0.29, 0.717) is 18.6 Å². The van der Waals surface area contributed by atoms with Crippen LogP contribution in [0.2, 0.25) is 0 Å². The van der Waals surface area contributed by atoms with Crippen molar-refractivity contribution >= 4 is 11.7 Å². The Balaban J connectivity index is 2.27. The largest absolute Gasteiger partial charge is 0.511 e. The molecule has 120 valence electrons. The normalized spacial score (nSPS) is 25.3. The van der Waals surface area contributed by atoms with Gasteiger partial charge < -0.3 is 14.7 Å². The summed E-state index contributed by atoms with van der Waals surface area (Å²) in [5.74, 6) is -0.484. The van der Waals surface area contributed by atoms with E-state index < -0.39 is 11.6 Å². The number of rotatable bonds is 6. The van der Waals surface area contributed by atoms with Gasteiger partial charge in [0.15, 0.2) is 0 Å². The molecule has 0 fully saturated rings. The van der Waals surface area contributed by atoms with Crippen molar-refractivity contribution in [2.24, 2.45) is 5.16 Å². The van der Waals surface area contributed by atoms with Gasteiger partial charge in [-0.3, -0.25) is 0 Å². The molecule has 1 heterocycles. The zero-order valence-corrected chi connectivity index (χ0v) is 13.0. The van der Waals surface area contributed by atoms with E-state index in [-0.39, 0.29) is 17.9 Å². The van der Waals surface area contributed by atoms with Crippen LogP contribution in [-0.2, 0) is 14.4 Å². The van der Waals surface area contributed by atoms with Gasteiger partial charge in [-0.2, -0.15) is 0 Å². The summed E-state index contributed by atoms with van der Waals surface area (Å²) in [4.78, 5) is 17.5. The number of aliphatic hydroxyl groups is 1. The molecule has 1 atom stereocenters. The molecule has 0 amide bonds. The summed E-state index contributed by atoms with van der Waals surface area (Å²) in [5, 5.41) is 14.4. The lowest BCUT2D eigenvalue weighted by molar-refractivity contribution is -0.153. The molecule has 0 aromatic heterocycles. The van der Waals surface area contributed by atoms with Gasteiger partial charge in [-0.1, -0.05) is 37.2 Å². The molecular weight excluding hydrogens is 282 g/mol. The molecule has 0 bridgehead atoms. The number of carbonyl (C=O) groups is 1. The predicted molar refractivity (Wildman–Crippen MR) is 84.6 cm³/mol. The Morgan fingerprint density at radius 3 is 3.05 bits per heavy atom. The van der Waals surface area contributed by atoms with E-state index in [2.05, 4.69) is 11.7 Å². The number of carbonyl (C=O) groups excluding carboxylic acids is 1. The molecule has 22 heavy (non-hydrogen) atoms. The Bertz CT molecular complexity index is 533. The molecular formula is C17H23NO4. The average Bonchev–Trinajstić information content (AvgIpc) is 2.47. The summed E-state index contributed by atoms with van der Waals surface area (Å²) in [6.07, 6.45) is 9.76. The van der Waals surface area contributed by atoms with Crippen LogP contribution in [0.4, 0.5) is 0 Å². The van der Waals surface area contributed by atoms with E-state index in [1.165, 1.54) is 0 Å². The van der Waals surface area contributed by atoms with Crippen LogP contribution in [-0.4, -0.2) is 29.0 Å². The monoisotopic (exact) mass is 305 g/mol. The standard InChI is InChI=1S/C17H23NO4/c1-3-8-13(18-21-11-4-2)15-14(19)12-17(22-16(15)20)9-6-5-7-10-17/h4,6,9,19H,2-3,5,7-8,10-12H2,1H3/b18-13+. The van der Waals surface area contributed by atoms with Crippen LogP contribution < -0.4 is 0 Å².